The molecule has 0 saturated carbocycles. The Labute approximate surface area is 125 Å². The minimum atomic E-state index is -0.470. The molecule has 3 rings (SSSR count). The van der Waals surface area contributed by atoms with Crippen LogP contribution in [0.3, 0.4) is 0 Å². The fourth-order valence-corrected chi connectivity index (χ4v) is 2.36. The minimum Gasteiger partial charge on any atom is -0.292 e. The van der Waals surface area contributed by atoms with Gasteiger partial charge in [0, 0.05) is 12.1 Å². The maximum absolute atomic E-state index is 13.5. The van der Waals surface area contributed by atoms with Crippen LogP contribution in [0.1, 0.15) is 0 Å². The Morgan fingerprint density at radius 1 is 1.05 bits per heavy atom. The number of aromatic amines is 1. The highest BCUT2D eigenvalue weighted by atomic mass is 35.5. The molecule has 0 aliphatic heterocycles. The van der Waals surface area contributed by atoms with Gasteiger partial charge in [0.2, 0.25) is 0 Å². The lowest BCUT2D eigenvalue weighted by Gasteiger charge is -2.04. The van der Waals surface area contributed by atoms with Crippen molar-refractivity contribution in [2.75, 3.05) is 0 Å². The predicted molar refractivity (Wildman–Crippen MR) is 81.4 cm³/mol. The van der Waals surface area contributed by atoms with E-state index in [2.05, 4.69) is 5.10 Å². The normalized spacial score (nSPS) is 10.7. The van der Waals surface area contributed by atoms with Gasteiger partial charge in [0.1, 0.15) is 10.5 Å². The highest BCUT2D eigenvalue weighted by Gasteiger charge is 2.07. The van der Waals surface area contributed by atoms with Crippen LogP contribution in [-0.4, -0.2) is 9.78 Å². The van der Waals surface area contributed by atoms with Crippen molar-refractivity contribution < 1.29 is 4.39 Å². The molecule has 0 fully saturated rings. The molecule has 3 aromatic rings. The summed E-state index contributed by atoms with van der Waals surface area (Å²) in [4.78, 5) is 0. The molecule has 1 aromatic heterocycles. The van der Waals surface area contributed by atoms with Crippen LogP contribution >= 0.6 is 23.8 Å². The van der Waals surface area contributed by atoms with E-state index in [1.165, 1.54) is 12.1 Å². The lowest BCUT2D eigenvalue weighted by Crippen LogP contribution is -1.97. The lowest BCUT2D eigenvalue weighted by atomic mass is 10.2. The molecule has 0 saturated heterocycles. The molecule has 0 radical (unpaired) electrons. The van der Waals surface area contributed by atoms with Crippen molar-refractivity contribution in [1.82, 2.24) is 9.78 Å². The van der Waals surface area contributed by atoms with Crippen LogP contribution < -0.4 is 0 Å². The van der Waals surface area contributed by atoms with E-state index >= 15 is 0 Å². The molecule has 0 amide bonds. The van der Waals surface area contributed by atoms with E-state index < -0.39 is 5.82 Å². The van der Waals surface area contributed by atoms with Gasteiger partial charge in [-0.1, -0.05) is 54.2 Å². The molecule has 2 nitrogen and oxygen atoms in total. The van der Waals surface area contributed by atoms with Gasteiger partial charge < -0.3 is 0 Å². The van der Waals surface area contributed by atoms with Gasteiger partial charge in [-0.05, 0) is 17.7 Å². The maximum Gasteiger partial charge on any atom is 0.143 e. The molecule has 20 heavy (non-hydrogen) atoms. The highest BCUT2D eigenvalue weighted by Crippen LogP contribution is 2.22. The summed E-state index contributed by atoms with van der Waals surface area (Å²) < 4.78 is 15.8. The summed E-state index contributed by atoms with van der Waals surface area (Å²) in [7, 11) is 0. The lowest BCUT2D eigenvalue weighted by molar-refractivity contribution is 0.625. The molecule has 0 bridgehead atoms. The Morgan fingerprint density at radius 2 is 1.80 bits per heavy atom. The summed E-state index contributed by atoms with van der Waals surface area (Å²) in [5, 5.41) is 3.26. The van der Waals surface area contributed by atoms with Gasteiger partial charge in [-0.2, -0.15) is 0 Å². The Kier molecular flexibility index (Phi) is 3.42. The quantitative estimate of drug-likeness (QED) is 0.661. The van der Waals surface area contributed by atoms with Gasteiger partial charge in [0.25, 0.3) is 0 Å². The summed E-state index contributed by atoms with van der Waals surface area (Å²) in [6.45, 7) is 0. The average Bonchev–Trinajstić information content (AvgIpc) is 2.85. The molecular formula is C15H10ClFN2S. The van der Waals surface area contributed by atoms with Crippen molar-refractivity contribution in [3.63, 3.8) is 0 Å². The molecule has 0 aliphatic carbocycles. The van der Waals surface area contributed by atoms with Crippen LogP contribution in [0.5, 0.6) is 0 Å². The summed E-state index contributed by atoms with van der Waals surface area (Å²) in [5.74, 6) is -0.470. The average molecular weight is 305 g/mol. The van der Waals surface area contributed by atoms with E-state index in [1.807, 2.05) is 36.4 Å². The van der Waals surface area contributed by atoms with Crippen LogP contribution in [0.25, 0.3) is 16.9 Å². The van der Waals surface area contributed by atoms with E-state index in [4.69, 9.17) is 23.8 Å². The minimum absolute atomic E-state index is 0.0927. The summed E-state index contributed by atoms with van der Waals surface area (Å²) in [5.41, 5.74) is 2.51. The van der Waals surface area contributed by atoms with Gasteiger partial charge in [-0.25, -0.2) is 9.07 Å². The van der Waals surface area contributed by atoms with Crippen LogP contribution in [0.4, 0.5) is 4.39 Å². The zero-order chi connectivity index (χ0) is 14.1. The van der Waals surface area contributed by atoms with Gasteiger partial charge in [0.15, 0.2) is 0 Å². The number of H-pyrrole nitrogens is 1. The number of nitrogens with one attached hydrogen (secondary N) is 1. The SMILES string of the molecule is Fc1cc(-n2[nH]c(-c3ccccc3)cc2=S)ccc1Cl. The number of benzene rings is 2. The van der Waals surface area contributed by atoms with Crippen LogP contribution in [-0.2, 0) is 0 Å². The van der Waals surface area contributed by atoms with Gasteiger partial charge in [-0.15, -0.1) is 0 Å². The first-order chi connectivity index (χ1) is 9.65. The summed E-state index contributed by atoms with van der Waals surface area (Å²) in [6, 6.07) is 16.2. The topological polar surface area (TPSA) is 20.7 Å². The van der Waals surface area contributed by atoms with Gasteiger partial charge in [0.05, 0.1) is 16.4 Å². The van der Waals surface area contributed by atoms with Crippen LogP contribution in [0.2, 0.25) is 5.02 Å². The Morgan fingerprint density at radius 3 is 2.50 bits per heavy atom. The third kappa shape index (κ3) is 2.40. The summed E-state index contributed by atoms with van der Waals surface area (Å²) >= 11 is 11.0. The fourth-order valence-electron chi connectivity index (χ4n) is 1.98. The van der Waals surface area contributed by atoms with E-state index in [-0.39, 0.29) is 5.02 Å². The van der Waals surface area contributed by atoms with Crippen LogP contribution in [0.15, 0.2) is 54.6 Å². The first-order valence-corrected chi connectivity index (χ1v) is 6.77. The second-order valence-corrected chi connectivity index (χ2v) is 5.13. The van der Waals surface area contributed by atoms with Gasteiger partial charge >= 0.3 is 0 Å². The van der Waals surface area contributed by atoms with E-state index in [0.29, 0.717) is 10.3 Å². The van der Waals surface area contributed by atoms with Crippen LogP contribution in [0, 0.1) is 10.5 Å². The number of halogens is 2. The molecule has 1 heterocycles. The Balaban J connectivity index is 2.10. The maximum atomic E-state index is 13.5. The summed E-state index contributed by atoms with van der Waals surface area (Å²) in [6.07, 6.45) is 0. The molecular weight excluding hydrogens is 295 g/mol. The van der Waals surface area contributed by atoms with Crippen molar-refractivity contribution in [2.45, 2.75) is 0 Å². The number of aromatic nitrogens is 2. The van der Waals surface area contributed by atoms with E-state index in [9.17, 15) is 4.39 Å². The van der Waals surface area contributed by atoms with Crippen molar-refractivity contribution in [3.8, 4) is 16.9 Å². The van der Waals surface area contributed by atoms with Gasteiger partial charge in [-0.3, -0.25) is 5.10 Å². The van der Waals surface area contributed by atoms with Crippen molar-refractivity contribution in [1.29, 1.82) is 0 Å². The number of rotatable bonds is 2. The molecule has 0 atom stereocenters. The predicted octanol–water partition coefficient (Wildman–Crippen LogP) is 4.99. The van der Waals surface area contributed by atoms with Crippen molar-refractivity contribution in [3.05, 3.63) is 70.1 Å². The number of hydrogen-bond donors (Lipinski definition) is 1. The standard InChI is InChI=1S/C15H10ClFN2S/c16-12-7-6-11(8-13(12)17)19-15(20)9-14(18-19)10-4-2-1-3-5-10/h1-9,18H. The zero-order valence-corrected chi connectivity index (χ0v) is 11.9. The fraction of sp³-hybridized carbons (Fsp3) is 0. The van der Waals surface area contributed by atoms with Crippen molar-refractivity contribution >= 4 is 23.8 Å². The smallest absolute Gasteiger partial charge is 0.143 e. The highest BCUT2D eigenvalue weighted by molar-refractivity contribution is 7.71. The van der Waals surface area contributed by atoms with E-state index in [1.54, 1.807) is 10.7 Å². The largest absolute Gasteiger partial charge is 0.292 e. The monoisotopic (exact) mass is 304 g/mol. The Bertz CT molecular complexity index is 808. The second-order valence-electron chi connectivity index (χ2n) is 4.31. The third-order valence-corrected chi connectivity index (χ3v) is 3.57. The first kappa shape index (κ1) is 13.1. The molecule has 0 aliphatic rings. The molecule has 0 unspecified atom stereocenters. The zero-order valence-electron chi connectivity index (χ0n) is 10.3. The second kappa shape index (κ2) is 5.23. The molecule has 5 heteroatoms. The molecule has 0 spiro atoms. The van der Waals surface area contributed by atoms with E-state index in [0.717, 1.165) is 11.3 Å². The Hall–Kier alpha value is -1.91. The molecule has 100 valence electrons. The van der Waals surface area contributed by atoms with Crippen molar-refractivity contribution in [2.24, 2.45) is 0 Å². The first-order valence-electron chi connectivity index (χ1n) is 5.98. The third-order valence-electron chi connectivity index (χ3n) is 2.97. The number of hydrogen-bond acceptors (Lipinski definition) is 1. The molecule has 1 N–H and O–H groups in total. The molecule has 2 aromatic carbocycles. The number of nitrogens with zero attached hydrogens (tertiary/aromatic N) is 1.